The van der Waals surface area contributed by atoms with Crippen molar-refractivity contribution in [2.24, 2.45) is 16.7 Å². The van der Waals surface area contributed by atoms with Crippen molar-refractivity contribution in [2.75, 3.05) is 5.32 Å². The molecule has 0 saturated heterocycles. The summed E-state index contributed by atoms with van der Waals surface area (Å²) in [6.45, 7) is 8.24. The second kappa shape index (κ2) is 8.97. The Kier molecular flexibility index (Phi) is 6.51. The zero-order valence-electron chi connectivity index (χ0n) is 19.7. The van der Waals surface area contributed by atoms with Crippen molar-refractivity contribution in [2.45, 2.75) is 59.6 Å². The number of halogens is 2. The molecule has 2 aromatic carbocycles. The van der Waals surface area contributed by atoms with Gasteiger partial charge in [-0.15, -0.1) is 0 Å². The van der Waals surface area contributed by atoms with Gasteiger partial charge in [-0.05, 0) is 54.9 Å². The summed E-state index contributed by atoms with van der Waals surface area (Å²) in [6.07, 6.45) is 2.92. The van der Waals surface area contributed by atoms with Crippen LogP contribution in [0.5, 0.6) is 11.5 Å². The second-order valence-corrected chi connectivity index (χ2v) is 10.9. The Labute approximate surface area is 209 Å². The number of anilines is 1. The fraction of sp³-hybridized carbons (Fsp3) is 0.462. The second-order valence-electron chi connectivity index (χ2n) is 10.1. The summed E-state index contributed by atoms with van der Waals surface area (Å²) >= 11 is 12.3. The highest BCUT2D eigenvalue weighted by molar-refractivity contribution is 6.35. The molecule has 0 aliphatic heterocycles. The zero-order chi connectivity index (χ0) is 24.8. The molecule has 2 fully saturated rings. The first-order chi connectivity index (χ1) is 15.9. The fourth-order valence-electron chi connectivity index (χ4n) is 5.52. The molecule has 2 aromatic rings. The topological polar surface area (TPSA) is 84.9 Å². The van der Waals surface area contributed by atoms with Crippen LogP contribution in [0.2, 0.25) is 10.0 Å². The van der Waals surface area contributed by atoms with Gasteiger partial charge in [-0.2, -0.15) is 0 Å². The van der Waals surface area contributed by atoms with E-state index in [1.807, 2.05) is 0 Å². The van der Waals surface area contributed by atoms with Crippen molar-refractivity contribution in [3.05, 3.63) is 51.5 Å². The summed E-state index contributed by atoms with van der Waals surface area (Å²) in [5, 5.41) is 14.3. The average Bonchev–Trinajstić information content (AvgIpc) is 3.07. The van der Waals surface area contributed by atoms with Crippen molar-refractivity contribution in [1.82, 2.24) is 0 Å². The molecule has 0 radical (unpaired) electrons. The molecule has 3 unspecified atom stereocenters. The number of esters is 2. The van der Waals surface area contributed by atoms with Crippen LogP contribution in [0.3, 0.4) is 0 Å². The molecule has 2 N–H and O–H groups in total. The van der Waals surface area contributed by atoms with Crippen LogP contribution < -0.4 is 10.1 Å². The number of ether oxygens (including phenoxy) is 2. The number of benzene rings is 2. The maximum Gasteiger partial charge on any atom is 0.342 e. The van der Waals surface area contributed by atoms with E-state index in [1.54, 1.807) is 18.2 Å². The predicted molar refractivity (Wildman–Crippen MR) is 132 cm³/mol. The van der Waals surface area contributed by atoms with Gasteiger partial charge in [0.2, 0.25) is 0 Å². The number of hydrogen-bond acceptors (Lipinski definition) is 6. The van der Waals surface area contributed by atoms with E-state index in [2.05, 4.69) is 26.1 Å². The number of phenolic OH excluding ortho intramolecular Hbond substituents is 1. The number of fused-ring (bicyclic) bond motifs is 2. The lowest BCUT2D eigenvalue weighted by Gasteiger charge is -2.38. The molecule has 3 atom stereocenters. The molecule has 8 heteroatoms. The zero-order valence-corrected chi connectivity index (χ0v) is 21.2. The molecule has 2 bridgehead atoms. The van der Waals surface area contributed by atoms with E-state index >= 15 is 0 Å². The van der Waals surface area contributed by atoms with Gasteiger partial charge in [-0.25, -0.2) is 4.79 Å². The number of carbonyl (C=O) groups excluding carboxylic acids is 2. The quantitative estimate of drug-likeness (QED) is 0.339. The van der Waals surface area contributed by atoms with Gasteiger partial charge in [-0.1, -0.05) is 44.0 Å². The minimum atomic E-state index is -0.516. The number of aromatic hydroxyl groups is 1. The standard InChI is InChI=1S/C26H29Cl2NO5/c1-14(30)33-23-15(9-17(27)11-20(23)28)13-29-18-5-6-19(21(31)12-18)24(32)34-22-10-16-7-8-26(22,4)25(16,2)3/h5-6,9,11-12,16,22,29,31H,7-8,10,13H2,1-4H3. The lowest BCUT2D eigenvalue weighted by molar-refractivity contribution is -0.131. The lowest BCUT2D eigenvalue weighted by atomic mass is 9.70. The number of rotatable bonds is 6. The van der Waals surface area contributed by atoms with Crippen LogP contribution in [-0.4, -0.2) is 23.1 Å². The SMILES string of the molecule is CC(=O)Oc1c(Cl)cc(Cl)cc1CNc1ccc(C(=O)OC2CC3CCC2(C)C3(C)C)c(O)c1. The molecule has 2 aliphatic carbocycles. The van der Waals surface area contributed by atoms with Crippen LogP contribution >= 0.6 is 23.2 Å². The summed E-state index contributed by atoms with van der Waals surface area (Å²) in [6, 6.07) is 7.82. The van der Waals surface area contributed by atoms with Gasteiger partial charge in [0, 0.05) is 41.2 Å². The highest BCUT2D eigenvalue weighted by atomic mass is 35.5. The van der Waals surface area contributed by atoms with E-state index in [1.165, 1.54) is 25.5 Å². The molecule has 4 rings (SSSR count). The maximum atomic E-state index is 12.9. The van der Waals surface area contributed by atoms with Crippen molar-refractivity contribution < 1.29 is 24.2 Å². The predicted octanol–water partition coefficient (Wildman–Crippen LogP) is 6.61. The van der Waals surface area contributed by atoms with E-state index < -0.39 is 11.9 Å². The first-order valence-electron chi connectivity index (χ1n) is 11.4. The van der Waals surface area contributed by atoms with E-state index in [9.17, 15) is 14.7 Å². The molecular formula is C26H29Cl2NO5. The highest BCUT2D eigenvalue weighted by Crippen LogP contribution is 2.66. The van der Waals surface area contributed by atoms with Crippen LogP contribution in [0.15, 0.2) is 30.3 Å². The molecule has 2 saturated carbocycles. The molecule has 2 aliphatic rings. The van der Waals surface area contributed by atoms with E-state index in [-0.39, 0.29) is 45.6 Å². The summed E-state index contributed by atoms with van der Waals surface area (Å²) in [7, 11) is 0. The third-order valence-electron chi connectivity index (χ3n) is 7.99. The Balaban J connectivity index is 1.45. The minimum Gasteiger partial charge on any atom is -0.507 e. The highest BCUT2D eigenvalue weighted by Gasteiger charge is 2.62. The van der Waals surface area contributed by atoms with E-state index in [0.29, 0.717) is 22.2 Å². The van der Waals surface area contributed by atoms with Gasteiger partial charge in [0.25, 0.3) is 0 Å². The largest absolute Gasteiger partial charge is 0.507 e. The Bertz CT molecular complexity index is 1150. The van der Waals surface area contributed by atoms with Crippen LogP contribution in [0, 0.1) is 16.7 Å². The Morgan fingerprint density at radius 3 is 2.50 bits per heavy atom. The number of hydrogen-bond donors (Lipinski definition) is 2. The molecular weight excluding hydrogens is 477 g/mol. The summed E-state index contributed by atoms with van der Waals surface area (Å²) < 4.78 is 11.1. The monoisotopic (exact) mass is 505 g/mol. The Hall–Kier alpha value is -2.44. The smallest absolute Gasteiger partial charge is 0.342 e. The molecule has 0 aromatic heterocycles. The van der Waals surface area contributed by atoms with Gasteiger partial charge >= 0.3 is 11.9 Å². The van der Waals surface area contributed by atoms with Gasteiger partial charge in [0.05, 0.1) is 5.02 Å². The summed E-state index contributed by atoms with van der Waals surface area (Å²) in [4.78, 5) is 24.3. The maximum absolute atomic E-state index is 12.9. The molecule has 6 nitrogen and oxygen atoms in total. The lowest BCUT2D eigenvalue weighted by Crippen LogP contribution is -2.38. The van der Waals surface area contributed by atoms with Gasteiger partial charge in [0.1, 0.15) is 17.4 Å². The van der Waals surface area contributed by atoms with Crippen LogP contribution in [0.25, 0.3) is 0 Å². The van der Waals surface area contributed by atoms with Gasteiger partial charge in [-0.3, -0.25) is 4.79 Å². The van der Waals surface area contributed by atoms with Crippen LogP contribution in [0.1, 0.15) is 62.9 Å². The van der Waals surface area contributed by atoms with Crippen molar-refractivity contribution in [3.8, 4) is 11.5 Å². The average molecular weight is 506 g/mol. The minimum absolute atomic E-state index is 0.0533. The first-order valence-corrected chi connectivity index (χ1v) is 12.1. The van der Waals surface area contributed by atoms with Crippen molar-refractivity contribution in [1.29, 1.82) is 0 Å². The van der Waals surface area contributed by atoms with Crippen LogP contribution in [0.4, 0.5) is 5.69 Å². The fourth-order valence-corrected chi connectivity index (χ4v) is 6.09. The molecule has 182 valence electrons. The molecule has 0 heterocycles. The van der Waals surface area contributed by atoms with Crippen LogP contribution in [-0.2, 0) is 16.1 Å². The van der Waals surface area contributed by atoms with Crippen molar-refractivity contribution >= 4 is 40.8 Å². The molecule has 0 spiro atoms. The number of nitrogens with one attached hydrogen (secondary N) is 1. The Morgan fingerprint density at radius 2 is 1.91 bits per heavy atom. The Morgan fingerprint density at radius 1 is 1.18 bits per heavy atom. The first kappa shape index (κ1) is 24.7. The third kappa shape index (κ3) is 4.34. The normalized spacial score (nSPS) is 24.6. The summed E-state index contributed by atoms with van der Waals surface area (Å²) in [5.74, 6) is -0.423. The number of phenols is 1. The molecule has 0 amide bonds. The van der Waals surface area contributed by atoms with E-state index in [0.717, 1.165) is 12.8 Å². The van der Waals surface area contributed by atoms with Gasteiger partial charge in [0.15, 0.2) is 5.75 Å². The number of carbonyl (C=O) groups is 2. The molecule has 34 heavy (non-hydrogen) atoms. The van der Waals surface area contributed by atoms with E-state index in [4.69, 9.17) is 32.7 Å². The summed E-state index contributed by atoms with van der Waals surface area (Å²) in [5.41, 5.74) is 1.33. The van der Waals surface area contributed by atoms with Gasteiger partial charge < -0.3 is 19.9 Å². The van der Waals surface area contributed by atoms with Crippen molar-refractivity contribution in [3.63, 3.8) is 0 Å². The third-order valence-corrected chi connectivity index (χ3v) is 8.49.